The second-order valence-corrected chi connectivity index (χ2v) is 11.6. The number of pyridine rings is 1. The fourth-order valence-electron chi connectivity index (χ4n) is 4.99. The van der Waals surface area contributed by atoms with Crippen molar-refractivity contribution in [3.05, 3.63) is 89.7 Å². The van der Waals surface area contributed by atoms with Crippen LogP contribution in [0.25, 0.3) is 16.6 Å². The van der Waals surface area contributed by atoms with Gasteiger partial charge in [-0.15, -0.1) is 10.2 Å². The maximum absolute atomic E-state index is 13.9. The second kappa shape index (κ2) is 15.3. The Morgan fingerprint density at radius 3 is 2.23 bits per heavy atom. The molecular weight excluding hydrogens is 600 g/mol. The molecule has 1 amide bonds. The van der Waals surface area contributed by atoms with Gasteiger partial charge in [0.25, 0.3) is 11.8 Å². The van der Waals surface area contributed by atoms with E-state index < -0.39 is 11.9 Å². The van der Waals surface area contributed by atoms with Crippen LogP contribution in [0, 0.1) is 0 Å². The summed E-state index contributed by atoms with van der Waals surface area (Å²) in [5.41, 5.74) is 1.43. The standard InChI is InChI=1S/C34H40N8O5/c1-39(2)18-10-20-46-29-22-27(32(43)36-28-17-16-25-14-8-9-15-26(25)35-28)42(37-29)30-31(34(44)45)41(23-24-12-6-5-7-13-24)38-33(30)47-21-11-19-40(3)4/h5-9,12-17,22H,10-11,18-21,23H2,1-4H3,(H,44,45)(H,35,36,43). The zero-order valence-electron chi connectivity index (χ0n) is 27.1. The summed E-state index contributed by atoms with van der Waals surface area (Å²) in [7, 11) is 7.86. The van der Waals surface area contributed by atoms with E-state index in [9.17, 15) is 14.7 Å². The summed E-state index contributed by atoms with van der Waals surface area (Å²) in [5.74, 6) is -1.29. The van der Waals surface area contributed by atoms with Crippen molar-refractivity contribution in [2.45, 2.75) is 19.4 Å². The molecule has 0 saturated heterocycles. The number of para-hydroxylation sites is 1. The lowest BCUT2D eigenvalue weighted by molar-refractivity contribution is 0.0683. The number of hydrogen-bond donors (Lipinski definition) is 2. The fraction of sp³-hybridized carbons (Fsp3) is 0.324. The molecule has 13 heteroatoms. The number of benzene rings is 2. The number of amides is 1. The number of aromatic carboxylic acids is 1. The number of ether oxygens (including phenoxy) is 2. The number of nitrogens with zero attached hydrogens (tertiary/aromatic N) is 7. The highest BCUT2D eigenvalue weighted by Crippen LogP contribution is 2.31. The van der Waals surface area contributed by atoms with Crippen LogP contribution >= 0.6 is 0 Å². The highest BCUT2D eigenvalue weighted by atomic mass is 16.5. The maximum atomic E-state index is 13.9. The Labute approximate surface area is 273 Å². The number of carboxylic acids is 1. The van der Waals surface area contributed by atoms with E-state index in [1.807, 2.05) is 98.7 Å². The van der Waals surface area contributed by atoms with Crippen molar-refractivity contribution >= 4 is 28.6 Å². The molecule has 0 atom stereocenters. The lowest BCUT2D eigenvalue weighted by Crippen LogP contribution is -2.20. The molecule has 246 valence electrons. The highest BCUT2D eigenvalue weighted by molar-refractivity contribution is 6.04. The molecule has 0 radical (unpaired) electrons. The molecule has 5 aromatic rings. The molecule has 0 fully saturated rings. The minimum atomic E-state index is -1.25. The average molecular weight is 641 g/mol. The van der Waals surface area contributed by atoms with Crippen LogP contribution in [0.15, 0.2) is 72.8 Å². The topological polar surface area (TPSA) is 140 Å². The van der Waals surface area contributed by atoms with Gasteiger partial charge in [0.15, 0.2) is 11.4 Å². The van der Waals surface area contributed by atoms with E-state index in [1.165, 1.54) is 15.4 Å². The van der Waals surface area contributed by atoms with Gasteiger partial charge in [0, 0.05) is 24.5 Å². The van der Waals surface area contributed by atoms with E-state index in [0.717, 1.165) is 30.5 Å². The van der Waals surface area contributed by atoms with E-state index in [4.69, 9.17) is 9.47 Å². The Bertz CT molecular complexity index is 1820. The normalized spacial score (nSPS) is 11.4. The Morgan fingerprint density at radius 1 is 0.851 bits per heavy atom. The van der Waals surface area contributed by atoms with Gasteiger partial charge in [-0.2, -0.15) is 0 Å². The molecule has 2 N–H and O–H groups in total. The van der Waals surface area contributed by atoms with Crippen LogP contribution in [0.2, 0.25) is 0 Å². The van der Waals surface area contributed by atoms with Crippen LogP contribution < -0.4 is 14.8 Å². The van der Waals surface area contributed by atoms with Gasteiger partial charge < -0.3 is 29.7 Å². The molecule has 2 aromatic carbocycles. The van der Waals surface area contributed by atoms with Crippen LogP contribution in [0.5, 0.6) is 11.8 Å². The van der Waals surface area contributed by atoms with Gasteiger partial charge in [0.2, 0.25) is 5.88 Å². The maximum Gasteiger partial charge on any atom is 0.356 e. The first kappa shape index (κ1) is 33.1. The van der Waals surface area contributed by atoms with Gasteiger partial charge in [-0.1, -0.05) is 48.5 Å². The Morgan fingerprint density at radius 2 is 1.53 bits per heavy atom. The quantitative estimate of drug-likeness (QED) is 0.150. The molecule has 3 aromatic heterocycles. The smallest absolute Gasteiger partial charge is 0.356 e. The molecule has 0 saturated carbocycles. The minimum Gasteiger partial charge on any atom is -0.477 e. The summed E-state index contributed by atoms with van der Waals surface area (Å²) in [6.07, 6.45) is 1.39. The lowest BCUT2D eigenvalue weighted by Gasteiger charge is -2.12. The van der Waals surface area contributed by atoms with Crippen LogP contribution in [0.4, 0.5) is 5.82 Å². The summed E-state index contributed by atoms with van der Waals surface area (Å²) in [4.78, 5) is 35.4. The average Bonchev–Trinajstić information content (AvgIpc) is 3.63. The van der Waals surface area contributed by atoms with Crippen LogP contribution in [0.3, 0.4) is 0 Å². The van der Waals surface area contributed by atoms with Crippen LogP contribution in [-0.2, 0) is 6.54 Å². The number of aromatic nitrogens is 5. The van der Waals surface area contributed by atoms with Crippen molar-refractivity contribution in [1.82, 2.24) is 34.3 Å². The third-order valence-corrected chi connectivity index (χ3v) is 7.23. The van der Waals surface area contributed by atoms with E-state index in [-0.39, 0.29) is 42.0 Å². The predicted octanol–water partition coefficient (Wildman–Crippen LogP) is 4.28. The number of carboxylic acid groups (broad SMARTS) is 1. The molecule has 0 unspecified atom stereocenters. The summed E-state index contributed by atoms with van der Waals surface area (Å²) >= 11 is 0. The van der Waals surface area contributed by atoms with Gasteiger partial charge >= 0.3 is 5.97 Å². The first-order chi connectivity index (χ1) is 22.7. The molecular formula is C34H40N8O5. The summed E-state index contributed by atoms with van der Waals surface area (Å²) < 4.78 is 14.7. The Hall–Kier alpha value is -5.27. The lowest BCUT2D eigenvalue weighted by atomic mass is 10.2. The molecule has 3 heterocycles. The van der Waals surface area contributed by atoms with E-state index >= 15 is 0 Å². The van der Waals surface area contributed by atoms with Crippen molar-refractivity contribution in [3.63, 3.8) is 0 Å². The third-order valence-electron chi connectivity index (χ3n) is 7.23. The number of nitrogens with one attached hydrogen (secondary N) is 1. The predicted molar refractivity (Wildman–Crippen MR) is 179 cm³/mol. The minimum absolute atomic E-state index is 0.0260. The van der Waals surface area contributed by atoms with Crippen LogP contribution in [0.1, 0.15) is 39.4 Å². The zero-order valence-corrected chi connectivity index (χ0v) is 27.1. The number of carbonyl (C=O) groups excluding carboxylic acids is 1. The second-order valence-electron chi connectivity index (χ2n) is 11.6. The molecule has 5 rings (SSSR count). The number of rotatable bonds is 16. The SMILES string of the molecule is CN(C)CCCOc1cc(C(=O)Nc2ccc3ccccc3n2)n(-c2c(OCCCN(C)C)nn(Cc3ccccc3)c2C(=O)O)n1. The van der Waals surface area contributed by atoms with Crippen molar-refractivity contribution in [1.29, 1.82) is 0 Å². The first-order valence-electron chi connectivity index (χ1n) is 15.4. The monoisotopic (exact) mass is 640 g/mol. The van der Waals surface area contributed by atoms with Crippen molar-refractivity contribution in [2.75, 3.05) is 59.8 Å². The van der Waals surface area contributed by atoms with Crippen molar-refractivity contribution in [2.24, 2.45) is 0 Å². The van der Waals surface area contributed by atoms with Gasteiger partial charge in [0.05, 0.1) is 25.3 Å². The summed E-state index contributed by atoms with van der Waals surface area (Å²) in [5, 5.41) is 23.5. The number of fused-ring (bicyclic) bond motifs is 1. The molecule has 0 bridgehead atoms. The largest absolute Gasteiger partial charge is 0.477 e. The molecule has 13 nitrogen and oxygen atoms in total. The molecule has 47 heavy (non-hydrogen) atoms. The number of hydrogen-bond acceptors (Lipinski definition) is 9. The number of anilines is 1. The van der Waals surface area contributed by atoms with Crippen molar-refractivity contribution < 1.29 is 24.2 Å². The summed E-state index contributed by atoms with van der Waals surface area (Å²) in [6.45, 7) is 2.32. The van der Waals surface area contributed by atoms with Gasteiger partial charge in [-0.3, -0.25) is 4.79 Å². The van der Waals surface area contributed by atoms with E-state index in [0.29, 0.717) is 24.4 Å². The van der Waals surface area contributed by atoms with Crippen LogP contribution in [-0.4, -0.2) is 106 Å². The first-order valence-corrected chi connectivity index (χ1v) is 15.4. The Kier molecular flexibility index (Phi) is 10.8. The van der Waals surface area contributed by atoms with Gasteiger partial charge in [-0.05, 0) is 64.8 Å². The zero-order chi connectivity index (χ0) is 33.3. The molecule has 0 aliphatic rings. The molecule has 0 aliphatic carbocycles. The molecule has 0 aliphatic heterocycles. The number of carbonyl (C=O) groups is 2. The van der Waals surface area contributed by atoms with Gasteiger partial charge in [-0.25, -0.2) is 19.1 Å². The summed E-state index contributed by atoms with van der Waals surface area (Å²) in [6, 6.07) is 22.0. The van der Waals surface area contributed by atoms with E-state index in [1.54, 1.807) is 6.07 Å². The Balaban J connectivity index is 1.57. The third kappa shape index (κ3) is 8.51. The molecule has 0 spiro atoms. The van der Waals surface area contributed by atoms with Crippen molar-refractivity contribution in [3.8, 4) is 17.4 Å². The highest BCUT2D eigenvalue weighted by Gasteiger charge is 2.31. The van der Waals surface area contributed by atoms with E-state index in [2.05, 4.69) is 20.5 Å². The van der Waals surface area contributed by atoms with Gasteiger partial charge in [0.1, 0.15) is 11.5 Å². The fourth-order valence-corrected chi connectivity index (χ4v) is 4.99.